The van der Waals surface area contributed by atoms with Crippen LogP contribution in [0.4, 0.5) is 5.69 Å². The van der Waals surface area contributed by atoms with E-state index >= 15 is 0 Å². The fourth-order valence-electron chi connectivity index (χ4n) is 1.07. The van der Waals surface area contributed by atoms with Crippen molar-refractivity contribution in [2.75, 3.05) is 0 Å². The van der Waals surface area contributed by atoms with Gasteiger partial charge in [-0.05, 0) is 26.8 Å². The SMILES string of the molecule is CC(C)(C)ONC(=O)c1cc(Br)cc([N+](=O)[O-])c1. The highest BCUT2D eigenvalue weighted by atomic mass is 79.9. The van der Waals surface area contributed by atoms with Gasteiger partial charge in [-0.15, -0.1) is 0 Å². The van der Waals surface area contributed by atoms with Gasteiger partial charge in [0.15, 0.2) is 0 Å². The maximum absolute atomic E-state index is 11.7. The average molecular weight is 317 g/mol. The lowest BCUT2D eigenvalue weighted by Crippen LogP contribution is -2.33. The summed E-state index contributed by atoms with van der Waals surface area (Å²) in [6.45, 7) is 5.32. The fourth-order valence-corrected chi connectivity index (χ4v) is 1.55. The number of non-ortho nitro benzene ring substituents is 1. The topological polar surface area (TPSA) is 81.5 Å². The third kappa shape index (κ3) is 4.42. The zero-order chi connectivity index (χ0) is 13.9. The summed E-state index contributed by atoms with van der Waals surface area (Å²) in [5.41, 5.74) is 1.71. The third-order valence-corrected chi connectivity index (χ3v) is 2.26. The van der Waals surface area contributed by atoms with Gasteiger partial charge in [-0.25, -0.2) is 5.48 Å². The number of nitrogens with one attached hydrogen (secondary N) is 1. The molecule has 0 heterocycles. The van der Waals surface area contributed by atoms with Crippen LogP contribution < -0.4 is 5.48 Å². The molecule has 98 valence electrons. The Morgan fingerprint density at radius 3 is 2.50 bits per heavy atom. The van der Waals surface area contributed by atoms with Crippen molar-refractivity contribution in [3.63, 3.8) is 0 Å². The number of nitro groups is 1. The molecule has 0 aromatic heterocycles. The number of hydrogen-bond donors (Lipinski definition) is 1. The minimum atomic E-state index is -0.563. The van der Waals surface area contributed by atoms with Gasteiger partial charge in [0, 0.05) is 22.2 Å². The fraction of sp³-hybridized carbons (Fsp3) is 0.364. The minimum absolute atomic E-state index is 0.153. The van der Waals surface area contributed by atoms with Crippen molar-refractivity contribution in [2.24, 2.45) is 0 Å². The predicted octanol–water partition coefficient (Wildman–Crippen LogP) is 2.82. The first-order valence-corrected chi connectivity index (χ1v) is 5.92. The van der Waals surface area contributed by atoms with Crippen molar-refractivity contribution >= 4 is 27.5 Å². The Bertz CT molecular complexity index is 482. The molecule has 0 radical (unpaired) electrons. The van der Waals surface area contributed by atoms with Crippen LogP contribution in [0, 0.1) is 10.1 Å². The van der Waals surface area contributed by atoms with Crippen molar-refractivity contribution in [3.05, 3.63) is 38.3 Å². The van der Waals surface area contributed by atoms with Crippen molar-refractivity contribution in [1.29, 1.82) is 0 Å². The second kappa shape index (κ2) is 5.45. The number of nitrogens with zero attached hydrogens (tertiary/aromatic N) is 1. The van der Waals surface area contributed by atoms with Crippen LogP contribution in [0.3, 0.4) is 0 Å². The lowest BCUT2D eigenvalue weighted by Gasteiger charge is -2.18. The van der Waals surface area contributed by atoms with Crippen LogP contribution in [-0.4, -0.2) is 16.4 Å². The van der Waals surface area contributed by atoms with Gasteiger partial charge in [0.25, 0.3) is 11.6 Å². The molecule has 1 rings (SSSR count). The summed E-state index contributed by atoms with van der Waals surface area (Å²) in [7, 11) is 0. The van der Waals surface area contributed by atoms with Gasteiger partial charge in [0.05, 0.1) is 10.5 Å². The highest BCUT2D eigenvalue weighted by Crippen LogP contribution is 2.21. The van der Waals surface area contributed by atoms with Crippen molar-refractivity contribution < 1.29 is 14.6 Å². The molecular weight excluding hydrogens is 304 g/mol. The Kier molecular flexibility index (Phi) is 4.42. The molecular formula is C11H13BrN2O4. The molecule has 7 heteroatoms. The Labute approximate surface area is 113 Å². The van der Waals surface area contributed by atoms with Crippen molar-refractivity contribution in [2.45, 2.75) is 26.4 Å². The molecule has 0 saturated carbocycles. The summed E-state index contributed by atoms with van der Waals surface area (Å²) in [6.07, 6.45) is 0. The molecule has 1 aromatic rings. The molecule has 18 heavy (non-hydrogen) atoms. The van der Waals surface area contributed by atoms with Crippen LogP contribution in [0.5, 0.6) is 0 Å². The molecule has 0 fully saturated rings. The molecule has 0 bridgehead atoms. The summed E-state index contributed by atoms with van der Waals surface area (Å²) in [6, 6.07) is 3.99. The lowest BCUT2D eigenvalue weighted by atomic mass is 10.2. The first-order chi connectivity index (χ1) is 8.19. The molecule has 0 aliphatic heterocycles. The Morgan fingerprint density at radius 2 is 2.00 bits per heavy atom. The number of benzene rings is 1. The summed E-state index contributed by atoms with van der Waals surface area (Å²) in [5.74, 6) is -0.533. The van der Waals surface area contributed by atoms with Gasteiger partial charge in [0.2, 0.25) is 0 Å². The van der Waals surface area contributed by atoms with Crippen LogP contribution in [0.25, 0.3) is 0 Å². The summed E-state index contributed by atoms with van der Waals surface area (Å²) >= 11 is 3.11. The van der Waals surface area contributed by atoms with E-state index in [1.54, 1.807) is 20.8 Å². The largest absolute Gasteiger partial charge is 0.275 e. The van der Waals surface area contributed by atoms with Gasteiger partial charge in [0.1, 0.15) is 0 Å². The number of carbonyl (C=O) groups excluding carboxylic acids is 1. The number of hydroxylamine groups is 1. The third-order valence-electron chi connectivity index (χ3n) is 1.81. The second-order valence-corrected chi connectivity index (χ2v) is 5.52. The van der Waals surface area contributed by atoms with Crippen molar-refractivity contribution in [1.82, 2.24) is 5.48 Å². The van der Waals surface area contributed by atoms with E-state index in [1.807, 2.05) is 0 Å². The number of carbonyl (C=O) groups is 1. The Morgan fingerprint density at radius 1 is 1.39 bits per heavy atom. The molecule has 1 amide bonds. The van der Waals surface area contributed by atoms with Crippen LogP contribution in [0.2, 0.25) is 0 Å². The summed E-state index contributed by atoms with van der Waals surface area (Å²) < 4.78 is 0.456. The van der Waals surface area contributed by atoms with Gasteiger partial charge in [-0.3, -0.25) is 19.7 Å². The zero-order valence-electron chi connectivity index (χ0n) is 10.2. The first kappa shape index (κ1) is 14.6. The first-order valence-electron chi connectivity index (χ1n) is 5.12. The summed E-state index contributed by atoms with van der Waals surface area (Å²) in [4.78, 5) is 26.9. The van der Waals surface area contributed by atoms with E-state index in [2.05, 4.69) is 21.4 Å². The normalized spacial score (nSPS) is 11.1. The Hall–Kier alpha value is -1.47. The summed E-state index contributed by atoms with van der Waals surface area (Å²) in [5, 5.41) is 10.7. The molecule has 1 N–H and O–H groups in total. The highest BCUT2D eigenvalue weighted by Gasteiger charge is 2.17. The molecule has 1 aromatic carbocycles. The monoisotopic (exact) mass is 316 g/mol. The van der Waals surface area contributed by atoms with E-state index in [-0.39, 0.29) is 11.3 Å². The smallest absolute Gasteiger partial charge is 0.268 e. The molecule has 0 aliphatic carbocycles. The van der Waals surface area contributed by atoms with E-state index in [9.17, 15) is 14.9 Å². The molecule has 0 saturated heterocycles. The second-order valence-electron chi connectivity index (χ2n) is 4.60. The quantitative estimate of drug-likeness (QED) is 0.686. The molecule has 0 spiro atoms. The lowest BCUT2D eigenvalue weighted by molar-refractivity contribution is -0.385. The minimum Gasteiger partial charge on any atom is -0.268 e. The molecule has 0 aliphatic rings. The van der Waals surface area contributed by atoms with Gasteiger partial charge in [-0.2, -0.15) is 0 Å². The number of nitro benzene ring substituents is 1. The van der Waals surface area contributed by atoms with E-state index in [0.29, 0.717) is 4.47 Å². The van der Waals surface area contributed by atoms with Crippen LogP contribution >= 0.6 is 15.9 Å². The van der Waals surface area contributed by atoms with Crippen LogP contribution in [0.15, 0.2) is 22.7 Å². The van der Waals surface area contributed by atoms with E-state index < -0.39 is 16.4 Å². The zero-order valence-corrected chi connectivity index (χ0v) is 11.8. The van der Waals surface area contributed by atoms with Gasteiger partial charge in [-0.1, -0.05) is 15.9 Å². The van der Waals surface area contributed by atoms with Gasteiger partial charge >= 0.3 is 0 Å². The Balaban J connectivity index is 2.89. The van der Waals surface area contributed by atoms with E-state index in [1.165, 1.54) is 18.2 Å². The van der Waals surface area contributed by atoms with E-state index in [4.69, 9.17) is 4.84 Å². The number of halogens is 1. The average Bonchev–Trinajstić information content (AvgIpc) is 2.23. The van der Waals surface area contributed by atoms with E-state index in [0.717, 1.165) is 0 Å². The molecule has 6 nitrogen and oxygen atoms in total. The highest BCUT2D eigenvalue weighted by molar-refractivity contribution is 9.10. The number of rotatable bonds is 3. The van der Waals surface area contributed by atoms with Crippen molar-refractivity contribution in [3.8, 4) is 0 Å². The van der Waals surface area contributed by atoms with Crippen LogP contribution in [-0.2, 0) is 4.84 Å². The molecule has 0 atom stereocenters. The number of amides is 1. The standard InChI is InChI=1S/C11H13BrN2O4/c1-11(2,3)18-13-10(15)7-4-8(12)6-9(5-7)14(16)17/h4-6H,1-3H3,(H,13,15). The molecule has 0 unspecified atom stereocenters. The van der Waals surface area contributed by atoms with Crippen LogP contribution in [0.1, 0.15) is 31.1 Å². The number of hydrogen-bond acceptors (Lipinski definition) is 4. The maximum Gasteiger partial charge on any atom is 0.275 e. The predicted molar refractivity (Wildman–Crippen MR) is 69.1 cm³/mol. The van der Waals surface area contributed by atoms with Gasteiger partial charge < -0.3 is 0 Å². The maximum atomic E-state index is 11.7.